The Hall–Kier alpha value is -1.06. The van der Waals surface area contributed by atoms with Gasteiger partial charge in [-0.1, -0.05) is 26.0 Å². The molecule has 0 amide bonds. The second-order valence-electron chi connectivity index (χ2n) is 5.56. The molecule has 0 aromatic heterocycles. The van der Waals surface area contributed by atoms with Crippen molar-refractivity contribution < 1.29 is 4.74 Å². The van der Waals surface area contributed by atoms with E-state index in [9.17, 15) is 0 Å². The number of likely N-dealkylation sites (N-methyl/N-ethyl adjacent to an activating group) is 1. The fourth-order valence-electron chi connectivity index (χ4n) is 2.83. The van der Waals surface area contributed by atoms with Gasteiger partial charge in [-0.3, -0.25) is 4.90 Å². The fourth-order valence-corrected chi connectivity index (χ4v) is 2.83. The molecule has 112 valence electrons. The third kappa shape index (κ3) is 4.50. The molecule has 1 unspecified atom stereocenters. The molecule has 1 heterocycles. The number of ether oxygens (including phenoxy) is 1. The van der Waals surface area contributed by atoms with E-state index in [4.69, 9.17) is 4.74 Å². The largest absolute Gasteiger partial charge is 0.494 e. The number of hydrogen-bond acceptors (Lipinski definition) is 3. The number of rotatable bonds is 7. The molecule has 1 fully saturated rings. The Bertz CT molecular complexity index is 388. The van der Waals surface area contributed by atoms with E-state index < -0.39 is 0 Å². The lowest BCUT2D eigenvalue weighted by Crippen LogP contribution is -2.45. The first-order valence-corrected chi connectivity index (χ1v) is 8.00. The molecular weight excluding hydrogens is 248 g/mol. The van der Waals surface area contributed by atoms with Gasteiger partial charge in [0, 0.05) is 19.1 Å². The number of hydrogen-bond donors (Lipinski definition) is 1. The fraction of sp³-hybridized carbons (Fsp3) is 0.647. The number of piperidine rings is 1. The second kappa shape index (κ2) is 8.28. The molecule has 2 rings (SSSR count). The molecule has 1 aromatic rings. The highest BCUT2D eigenvalue weighted by atomic mass is 16.5. The maximum absolute atomic E-state index is 5.73. The van der Waals surface area contributed by atoms with Crippen molar-refractivity contribution in [3.63, 3.8) is 0 Å². The molecule has 3 nitrogen and oxygen atoms in total. The Morgan fingerprint density at radius 2 is 2.25 bits per heavy atom. The van der Waals surface area contributed by atoms with Crippen LogP contribution >= 0.6 is 0 Å². The first kappa shape index (κ1) is 15.3. The van der Waals surface area contributed by atoms with Gasteiger partial charge < -0.3 is 10.1 Å². The summed E-state index contributed by atoms with van der Waals surface area (Å²) in [6, 6.07) is 9.23. The summed E-state index contributed by atoms with van der Waals surface area (Å²) in [5, 5.41) is 3.51. The molecule has 0 aliphatic carbocycles. The zero-order chi connectivity index (χ0) is 14.2. The maximum atomic E-state index is 5.73. The van der Waals surface area contributed by atoms with E-state index in [0.717, 1.165) is 38.4 Å². The van der Waals surface area contributed by atoms with Crippen LogP contribution in [0.5, 0.6) is 5.75 Å². The van der Waals surface area contributed by atoms with E-state index in [1.54, 1.807) is 0 Å². The van der Waals surface area contributed by atoms with Crippen molar-refractivity contribution in [3.05, 3.63) is 29.8 Å². The lowest BCUT2D eigenvalue weighted by Gasteiger charge is -2.34. The normalized spacial score (nSPS) is 19.2. The van der Waals surface area contributed by atoms with E-state index in [1.165, 1.54) is 24.9 Å². The Kier molecular flexibility index (Phi) is 6.34. The Morgan fingerprint density at radius 3 is 2.95 bits per heavy atom. The van der Waals surface area contributed by atoms with Crippen LogP contribution in [0.4, 0.5) is 0 Å². The smallest absolute Gasteiger partial charge is 0.119 e. The molecule has 20 heavy (non-hydrogen) atoms. The van der Waals surface area contributed by atoms with Crippen LogP contribution < -0.4 is 10.1 Å². The van der Waals surface area contributed by atoms with Crippen LogP contribution in [0.2, 0.25) is 0 Å². The summed E-state index contributed by atoms with van der Waals surface area (Å²) >= 11 is 0. The zero-order valence-electron chi connectivity index (χ0n) is 12.9. The molecule has 1 N–H and O–H groups in total. The maximum Gasteiger partial charge on any atom is 0.119 e. The third-order valence-corrected chi connectivity index (χ3v) is 3.95. The molecule has 3 heteroatoms. The summed E-state index contributed by atoms with van der Waals surface area (Å²) < 4.78 is 5.73. The number of nitrogens with zero attached hydrogens (tertiary/aromatic N) is 1. The lowest BCUT2D eigenvalue weighted by atomic mass is 10.0. The van der Waals surface area contributed by atoms with Gasteiger partial charge in [-0.2, -0.15) is 0 Å². The minimum Gasteiger partial charge on any atom is -0.494 e. The van der Waals surface area contributed by atoms with Gasteiger partial charge in [-0.05, 0) is 50.0 Å². The van der Waals surface area contributed by atoms with Crippen molar-refractivity contribution in [2.75, 3.05) is 26.2 Å². The van der Waals surface area contributed by atoms with Gasteiger partial charge in [0.05, 0.1) is 6.61 Å². The average molecular weight is 276 g/mol. The summed E-state index contributed by atoms with van der Waals surface area (Å²) in [4.78, 5) is 2.57. The highest BCUT2D eigenvalue weighted by molar-refractivity contribution is 5.28. The molecule has 1 atom stereocenters. The van der Waals surface area contributed by atoms with Gasteiger partial charge in [-0.25, -0.2) is 0 Å². The van der Waals surface area contributed by atoms with Gasteiger partial charge in [0.1, 0.15) is 5.75 Å². The first-order valence-electron chi connectivity index (χ1n) is 8.00. The minimum atomic E-state index is 0.675. The summed E-state index contributed by atoms with van der Waals surface area (Å²) in [5.74, 6) is 1.00. The molecule has 1 aliphatic heterocycles. The monoisotopic (exact) mass is 276 g/mol. The molecule has 0 spiro atoms. The zero-order valence-corrected chi connectivity index (χ0v) is 12.9. The number of nitrogens with one attached hydrogen (secondary N) is 1. The van der Waals surface area contributed by atoms with Crippen LogP contribution in [0.15, 0.2) is 24.3 Å². The van der Waals surface area contributed by atoms with E-state index in [1.807, 2.05) is 0 Å². The minimum absolute atomic E-state index is 0.675. The second-order valence-corrected chi connectivity index (χ2v) is 5.56. The number of benzene rings is 1. The quantitative estimate of drug-likeness (QED) is 0.828. The Balaban J connectivity index is 1.95. The van der Waals surface area contributed by atoms with Crippen LogP contribution in [-0.2, 0) is 6.54 Å². The van der Waals surface area contributed by atoms with E-state index in [2.05, 4.69) is 48.3 Å². The van der Waals surface area contributed by atoms with Crippen molar-refractivity contribution in [1.29, 1.82) is 0 Å². The van der Waals surface area contributed by atoms with Crippen molar-refractivity contribution in [2.45, 2.75) is 45.7 Å². The van der Waals surface area contributed by atoms with Crippen LogP contribution in [-0.4, -0.2) is 37.2 Å². The summed E-state index contributed by atoms with van der Waals surface area (Å²) in [5.41, 5.74) is 1.35. The predicted molar refractivity (Wildman–Crippen MR) is 84.2 cm³/mol. The van der Waals surface area contributed by atoms with Crippen molar-refractivity contribution in [2.24, 2.45) is 0 Å². The van der Waals surface area contributed by atoms with Gasteiger partial charge in [-0.15, -0.1) is 0 Å². The van der Waals surface area contributed by atoms with E-state index in [0.29, 0.717) is 6.04 Å². The molecule has 0 radical (unpaired) electrons. The Labute approximate surface area is 123 Å². The van der Waals surface area contributed by atoms with Crippen molar-refractivity contribution >= 4 is 0 Å². The van der Waals surface area contributed by atoms with E-state index in [-0.39, 0.29) is 0 Å². The van der Waals surface area contributed by atoms with Crippen LogP contribution in [0.3, 0.4) is 0 Å². The van der Waals surface area contributed by atoms with Gasteiger partial charge in [0.2, 0.25) is 0 Å². The predicted octanol–water partition coefficient (Wildman–Crippen LogP) is 3.05. The van der Waals surface area contributed by atoms with Crippen LogP contribution in [0, 0.1) is 0 Å². The molecule has 1 aliphatic rings. The molecular formula is C17H28N2O. The summed E-state index contributed by atoms with van der Waals surface area (Å²) in [6.07, 6.45) is 3.66. The lowest BCUT2D eigenvalue weighted by molar-refractivity contribution is 0.166. The molecule has 0 saturated carbocycles. The standard InChI is InChI=1S/C17H28N2O/c1-3-11-20-17-9-5-7-15(12-17)14-19(4-2)16-8-6-10-18-13-16/h5,7,9,12,16,18H,3-4,6,8,10-11,13-14H2,1-2H3. The molecule has 0 bridgehead atoms. The highest BCUT2D eigenvalue weighted by Gasteiger charge is 2.19. The summed E-state index contributed by atoms with van der Waals surface area (Å²) in [6.45, 7) is 9.62. The molecule has 1 aromatic carbocycles. The van der Waals surface area contributed by atoms with Crippen molar-refractivity contribution in [3.8, 4) is 5.75 Å². The third-order valence-electron chi connectivity index (χ3n) is 3.95. The summed E-state index contributed by atoms with van der Waals surface area (Å²) in [7, 11) is 0. The topological polar surface area (TPSA) is 24.5 Å². The van der Waals surface area contributed by atoms with Crippen LogP contribution in [0.25, 0.3) is 0 Å². The molecule has 1 saturated heterocycles. The van der Waals surface area contributed by atoms with Gasteiger partial charge >= 0.3 is 0 Å². The SMILES string of the molecule is CCCOc1cccc(CN(CC)C2CCCNC2)c1. The van der Waals surface area contributed by atoms with Gasteiger partial charge in [0.25, 0.3) is 0 Å². The van der Waals surface area contributed by atoms with E-state index >= 15 is 0 Å². The first-order chi connectivity index (χ1) is 9.83. The average Bonchev–Trinajstić information content (AvgIpc) is 2.52. The van der Waals surface area contributed by atoms with Gasteiger partial charge in [0.15, 0.2) is 0 Å². The highest BCUT2D eigenvalue weighted by Crippen LogP contribution is 2.18. The van der Waals surface area contributed by atoms with Crippen molar-refractivity contribution in [1.82, 2.24) is 10.2 Å². The Morgan fingerprint density at radius 1 is 1.35 bits per heavy atom. The van der Waals surface area contributed by atoms with Crippen LogP contribution in [0.1, 0.15) is 38.7 Å².